The molecule has 0 aromatic rings. The van der Waals surface area contributed by atoms with Gasteiger partial charge in [-0.2, -0.15) is 0 Å². The lowest BCUT2D eigenvalue weighted by Crippen LogP contribution is -2.52. The van der Waals surface area contributed by atoms with Crippen LogP contribution in [0.15, 0.2) is 0 Å². The molecule has 1 amide bonds. The van der Waals surface area contributed by atoms with Crippen molar-refractivity contribution in [2.45, 2.75) is 19.4 Å². The fourth-order valence-electron chi connectivity index (χ4n) is 0.481. The van der Waals surface area contributed by atoms with Gasteiger partial charge in [0.15, 0.2) is 0 Å². The first-order valence-electron chi connectivity index (χ1n) is 3.45. The van der Waals surface area contributed by atoms with Crippen molar-refractivity contribution < 1.29 is 24.2 Å². The summed E-state index contributed by atoms with van der Waals surface area (Å²) in [4.78, 5) is 31.9. The van der Waals surface area contributed by atoms with Crippen molar-refractivity contribution in [1.29, 1.82) is 0 Å². The molecule has 0 rings (SSSR count). The van der Waals surface area contributed by atoms with Gasteiger partial charge in [-0.25, -0.2) is 9.59 Å². The van der Waals surface area contributed by atoms with Gasteiger partial charge in [-0.05, 0) is 13.8 Å². The molecule has 6 heteroatoms. The van der Waals surface area contributed by atoms with E-state index < -0.39 is 23.4 Å². The fraction of sp³-hybridized carbons (Fsp3) is 0.571. The van der Waals surface area contributed by atoms with Crippen LogP contribution in [0.1, 0.15) is 13.8 Å². The molecule has 0 atom stereocenters. The smallest absolute Gasteiger partial charge is 0.396 e. The quantitative estimate of drug-likeness (QED) is 0.435. The first-order valence-corrected chi connectivity index (χ1v) is 3.45. The van der Waals surface area contributed by atoms with Crippen molar-refractivity contribution in [1.82, 2.24) is 5.32 Å². The Morgan fingerprint density at radius 3 is 2.08 bits per heavy atom. The Morgan fingerprint density at radius 1 is 1.31 bits per heavy atom. The maximum Gasteiger partial charge on any atom is 0.396 e. The van der Waals surface area contributed by atoms with E-state index in [1.807, 2.05) is 5.32 Å². The number of amides is 1. The molecule has 2 N–H and O–H groups in total. The van der Waals surface area contributed by atoms with Crippen LogP contribution in [0, 0.1) is 0 Å². The highest BCUT2D eigenvalue weighted by Crippen LogP contribution is 2.01. The number of nitrogens with one attached hydrogen (secondary N) is 1. The van der Waals surface area contributed by atoms with Gasteiger partial charge < -0.3 is 15.2 Å². The van der Waals surface area contributed by atoms with Crippen molar-refractivity contribution in [3.8, 4) is 0 Å². The van der Waals surface area contributed by atoms with Gasteiger partial charge in [0.25, 0.3) is 0 Å². The maximum absolute atomic E-state index is 10.8. The number of hydrogen-bond donors (Lipinski definition) is 2. The van der Waals surface area contributed by atoms with Crippen LogP contribution in [-0.2, 0) is 19.1 Å². The minimum absolute atomic E-state index is 1.04. The van der Waals surface area contributed by atoms with E-state index in [9.17, 15) is 14.4 Å². The van der Waals surface area contributed by atoms with Gasteiger partial charge >= 0.3 is 17.8 Å². The van der Waals surface area contributed by atoms with E-state index in [-0.39, 0.29) is 0 Å². The molecule has 0 saturated heterocycles. The average Bonchev–Trinajstić information content (AvgIpc) is 2.01. The second kappa shape index (κ2) is 3.88. The molecule has 0 saturated carbocycles. The summed E-state index contributed by atoms with van der Waals surface area (Å²) in [5, 5.41) is 10.6. The lowest BCUT2D eigenvalue weighted by atomic mass is 10.1. The maximum atomic E-state index is 10.8. The number of carbonyl (C=O) groups is 3. The first kappa shape index (κ1) is 11.4. The van der Waals surface area contributed by atoms with Crippen LogP contribution < -0.4 is 5.32 Å². The Morgan fingerprint density at radius 2 is 1.77 bits per heavy atom. The predicted molar refractivity (Wildman–Crippen MR) is 41.9 cm³/mol. The van der Waals surface area contributed by atoms with Crippen LogP contribution in [0.3, 0.4) is 0 Å². The Bertz CT molecular complexity index is 245. The van der Waals surface area contributed by atoms with Crippen molar-refractivity contribution >= 4 is 17.8 Å². The van der Waals surface area contributed by atoms with E-state index in [4.69, 9.17) is 5.11 Å². The molecule has 0 bridgehead atoms. The monoisotopic (exact) mass is 189 g/mol. The van der Waals surface area contributed by atoms with Crippen molar-refractivity contribution in [2.75, 3.05) is 7.11 Å². The van der Waals surface area contributed by atoms with Crippen LogP contribution >= 0.6 is 0 Å². The SMILES string of the molecule is COC(=O)C(=O)NC(C)(C)C(=O)O. The summed E-state index contributed by atoms with van der Waals surface area (Å²) in [5.41, 5.74) is -1.48. The minimum Gasteiger partial charge on any atom is -0.480 e. The van der Waals surface area contributed by atoms with Gasteiger partial charge in [0.1, 0.15) is 5.54 Å². The highest BCUT2D eigenvalue weighted by Gasteiger charge is 2.31. The number of aliphatic carboxylic acids is 1. The minimum atomic E-state index is -1.48. The molecule has 6 nitrogen and oxygen atoms in total. The first-order chi connectivity index (χ1) is 5.81. The molecule has 0 aliphatic carbocycles. The summed E-state index contributed by atoms with van der Waals surface area (Å²) in [7, 11) is 1.04. The van der Waals surface area contributed by atoms with Crippen molar-refractivity contribution in [3.05, 3.63) is 0 Å². The third-order valence-electron chi connectivity index (χ3n) is 1.33. The van der Waals surface area contributed by atoms with Crippen LogP contribution in [0.5, 0.6) is 0 Å². The van der Waals surface area contributed by atoms with Gasteiger partial charge in [-0.3, -0.25) is 4.79 Å². The molecule has 0 unspecified atom stereocenters. The molecule has 0 aromatic carbocycles. The number of esters is 1. The van der Waals surface area contributed by atoms with Gasteiger partial charge in [0.05, 0.1) is 7.11 Å². The third-order valence-corrected chi connectivity index (χ3v) is 1.33. The predicted octanol–water partition coefficient (Wildman–Crippen LogP) is -0.861. The number of ether oxygens (including phenoxy) is 1. The number of carbonyl (C=O) groups excluding carboxylic acids is 2. The Kier molecular flexibility index (Phi) is 3.41. The lowest BCUT2D eigenvalue weighted by Gasteiger charge is -2.19. The molecular formula is C7H11NO5. The van der Waals surface area contributed by atoms with E-state index in [1.165, 1.54) is 13.8 Å². The summed E-state index contributed by atoms with van der Waals surface area (Å²) in [6.07, 6.45) is 0. The standard InChI is InChI=1S/C7H11NO5/c1-7(2,6(11)12)8-4(9)5(10)13-3/h1-3H3,(H,8,9)(H,11,12). The third kappa shape index (κ3) is 3.10. The van der Waals surface area contributed by atoms with Crippen LogP contribution in [-0.4, -0.2) is 35.6 Å². The van der Waals surface area contributed by atoms with Gasteiger partial charge in [0.2, 0.25) is 0 Å². The van der Waals surface area contributed by atoms with E-state index >= 15 is 0 Å². The lowest BCUT2D eigenvalue weighted by molar-refractivity contribution is -0.155. The van der Waals surface area contributed by atoms with Crippen molar-refractivity contribution in [3.63, 3.8) is 0 Å². The Hall–Kier alpha value is -1.59. The number of hydrogen-bond acceptors (Lipinski definition) is 4. The fourth-order valence-corrected chi connectivity index (χ4v) is 0.481. The second-order valence-electron chi connectivity index (χ2n) is 2.88. The Balaban J connectivity index is 4.37. The van der Waals surface area contributed by atoms with Crippen molar-refractivity contribution in [2.24, 2.45) is 0 Å². The molecular weight excluding hydrogens is 178 g/mol. The molecule has 13 heavy (non-hydrogen) atoms. The summed E-state index contributed by atoms with van der Waals surface area (Å²) >= 11 is 0. The molecule has 0 spiro atoms. The zero-order valence-corrected chi connectivity index (χ0v) is 7.58. The normalized spacial score (nSPS) is 10.4. The zero-order chi connectivity index (χ0) is 10.6. The molecule has 74 valence electrons. The Labute approximate surface area is 74.9 Å². The highest BCUT2D eigenvalue weighted by molar-refractivity contribution is 6.33. The molecule has 0 aromatic heterocycles. The summed E-state index contributed by atoms with van der Waals surface area (Å²) in [5.74, 6) is -3.42. The zero-order valence-electron chi connectivity index (χ0n) is 7.58. The van der Waals surface area contributed by atoms with Crippen LogP contribution in [0.4, 0.5) is 0 Å². The number of carboxylic acid groups (broad SMARTS) is 1. The highest BCUT2D eigenvalue weighted by atomic mass is 16.5. The number of methoxy groups -OCH3 is 1. The molecule has 0 aliphatic heterocycles. The van der Waals surface area contributed by atoms with Crippen LogP contribution in [0.2, 0.25) is 0 Å². The van der Waals surface area contributed by atoms with E-state index in [0.717, 1.165) is 7.11 Å². The van der Waals surface area contributed by atoms with Gasteiger partial charge in [-0.15, -0.1) is 0 Å². The molecule has 0 aliphatic rings. The molecule has 0 heterocycles. The molecule has 0 radical (unpaired) electrons. The molecule has 0 fully saturated rings. The summed E-state index contributed by atoms with van der Waals surface area (Å²) < 4.78 is 4.09. The van der Waals surface area contributed by atoms with E-state index in [1.54, 1.807) is 0 Å². The van der Waals surface area contributed by atoms with Gasteiger partial charge in [-0.1, -0.05) is 0 Å². The van der Waals surface area contributed by atoms with E-state index in [2.05, 4.69) is 4.74 Å². The summed E-state index contributed by atoms with van der Waals surface area (Å²) in [6.45, 7) is 2.52. The van der Waals surface area contributed by atoms with Crippen LogP contribution in [0.25, 0.3) is 0 Å². The van der Waals surface area contributed by atoms with Gasteiger partial charge in [0, 0.05) is 0 Å². The topological polar surface area (TPSA) is 92.7 Å². The average molecular weight is 189 g/mol. The number of carboxylic acids is 1. The second-order valence-corrected chi connectivity index (χ2v) is 2.88. The largest absolute Gasteiger partial charge is 0.480 e. The number of rotatable bonds is 2. The summed E-state index contributed by atoms with van der Waals surface area (Å²) in [6, 6.07) is 0. The van der Waals surface area contributed by atoms with E-state index in [0.29, 0.717) is 0 Å².